The Bertz CT molecular complexity index is 1210. The Kier molecular flexibility index (Phi) is 5.98. The van der Waals surface area contributed by atoms with Gasteiger partial charge in [0.2, 0.25) is 0 Å². The SMILES string of the molecule is O=S(=O)(O)C(c1ccccc1Cl)(c1cccc(Cl)c1O)c1c(O)ccc(Cl)c1Cl. The van der Waals surface area contributed by atoms with Gasteiger partial charge in [-0.1, -0.05) is 76.7 Å². The zero-order valence-corrected chi connectivity index (χ0v) is 18.1. The van der Waals surface area contributed by atoms with Crippen LogP contribution in [0.5, 0.6) is 11.5 Å². The van der Waals surface area contributed by atoms with Crippen LogP contribution < -0.4 is 0 Å². The monoisotopic (exact) mass is 492 g/mol. The minimum atomic E-state index is -5.22. The average Bonchev–Trinajstić information content (AvgIpc) is 2.64. The normalized spacial score (nSPS) is 13.8. The van der Waals surface area contributed by atoms with Gasteiger partial charge in [-0.05, 0) is 24.3 Å². The van der Waals surface area contributed by atoms with Gasteiger partial charge in [0.15, 0.2) is 4.75 Å². The zero-order chi connectivity index (χ0) is 21.6. The molecule has 5 nitrogen and oxygen atoms in total. The molecule has 3 aromatic rings. The highest BCUT2D eigenvalue weighted by Crippen LogP contribution is 2.55. The minimum Gasteiger partial charge on any atom is -0.508 e. The van der Waals surface area contributed by atoms with Gasteiger partial charge >= 0.3 is 0 Å². The summed E-state index contributed by atoms with van der Waals surface area (Å²) >= 11 is 24.7. The quantitative estimate of drug-likeness (QED) is 0.311. The summed E-state index contributed by atoms with van der Waals surface area (Å²) in [5.74, 6) is -1.25. The molecule has 3 rings (SSSR count). The summed E-state index contributed by atoms with van der Waals surface area (Å²) in [5.41, 5.74) is -1.04. The van der Waals surface area contributed by atoms with Crippen molar-refractivity contribution >= 4 is 56.5 Å². The molecule has 152 valence electrons. The minimum absolute atomic E-state index is 0.0834. The number of rotatable bonds is 4. The van der Waals surface area contributed by atoms with Gasteiger partial charge in [0, 0.05) is 21.7 Å². The maximum atomic E-state index is 13.0. The topological polar surface area (TPSA) is 94.8 Å². The Morgan fingerprint density at radius 3 is 1.93 bits per heavy atom. The lowest BCUT2D eigenvalue weighted by molar-refractivity contribution is 0.428. The van der Waals surface area contributed by atoms with Crippen molar-refractivity contribution in [2.45, 2.75) is 4.75 Å². The molecule has 10 heteroatoms. The van der Waals surface area contributed by atoms with Crippen LogP contribution >= 0.6 is 46.4 Å². The van der Waals surface area contributed by atoms with E-state index in [2.05, 4.69) is 0 Å². The zero-order valence-electron chi connectivity index (χ0n) is 14.3. The second-order valence-corrected chi connectivity index (χ2v) is 9.19. The molecule has 0 heterocycles. The van der Waals surface area contributed by atoms with Gasteiger partial charge < -0.3 is 10.2 Å². The Hall–Kier alpha value is -1.67. The summed E-state index contributed by atoms with van der Waals surface area (Å²) < 4.78 is 33.9. The fourth-order valence-electron chi connectivity index (χ4n) is 3.24. The third-order valence-electron chi connectivity index (χ3n) is 4.43. The van der Waals surface area contributed by atoms with Crippen molar-refractivity contribution in [3.63, 3.8) is 0 Å². The summed E-state index contributed by atoms with van der Waals surface area (Å²) in [7, 11) is -5.22. The van der Waals surface area contributed by atoms with Crippen LogP contribution in [0.1, 0.15) is 16.7 Å². The van der Waals surface area contributed by atoms with Crippen molar-refractivity contribution in [1.82, 2.24) is 0 Å². The smallest absolute Gasteiger partial charge is 0.283 e. The molecule has 0 bridgehead atoms. The van der Waals surface area contributed by atoms with Crippen molar-refractivity contribution in [2.24, 2.45) is 0 Å². The van der Waals surface area contributed by atoms with Crippen molar-refractivity contribution in [1.29, 1.82) is 0 Å². The molecule has 0 saturated carbocycles. The first kappa shape index (κ1) is 22.0. The van der Waals surface area contributed by atoms with E-state index in [-0.39, 0.29) is 31.2 Å². The van der Waals surface area contributed by atoms with Crippen LogP contribution in [0.2, 0.25) is 20.1 Å². The molecule has 3 aromatic carbocycles. The first-order chi connectivity index (χ1) is 13.5. The molecule has 1 unspecified atom stereocenters. The molecular formula is C19H12Cl4O5S. The molecule has 0 saturated heterocycles. The fraction of sp³-hybridized carbons (Fsp3) is 0.0526. The van der Waals surface area contributed by atoms with E-state index in [0.29, 0.717) is 0 Å². The summed E-state index contributed by atoms with van der Waals surface area (Å²) in [4.78, 5) is 0. The molecule has 1 atom stereocenters. The number of benzene rings is 3. The summed E-state index contributed by atoms with van der Waals surface area (Å²) in [6.07, 6.45) is 0. The number of aromatic hydroxyl groups is 2. The number of para-hydroxylation sites is 1. The number of phenolic OH excluding ortho intramolecular Hbond substituents is 2. The highest BCUT2D eigenvalue weighted by atomic mass is 35.5. The third kappa shape index (κ3) is 3.44. The van der Waals surface area contributed by atoms with Gasteiger partial charge in [-0.2, -0.15) is 8.42 Å². The molecule has 0 amide bonds. The molecule has 29 heavy (non-hydrogen) atoms. The van der Waals surface area contributed by atoms with Crippen LogP contribution in [0.15, 0.2) is 54.6 Å². The second-order valence-electron chi connectivity index (χ2n) is 6.03. The lowest BCUT2D eigenvalue weighted by Gasteiger charge is -2.34. The molecule has 0 aliphatic rings. The Morgan fingerprint density at radius 1 is 0.724 bits per heavy atom. The fourth-order valence-corrected chi connectivity index (χ4v) is 5.63. The standard InChI is InChI=1S/C19H12Cl4O5S/c20-12-6-2-1-4-10(12)19(29(26,27)28,11-5-3-7-14(22)18(11)25)16-15(24)9-8-13(21)17(16)23/h1-9,24-25H,(H,26,27,28). The molecule has 0 aliphatic heterocycles. The highest BCUT2D eigenvalue weighted by molar-refractivity contribution is 7.87. The van der Waals surface area contributed by atoms with Crippen LogP contribution in [-0.4, -0.2) is 23.2 Å². The van der Waals surface area contributed by atoms with Crippen molar-refractivity contribution in [3.05, 3.63) is 91.4 Å². The molecule has 3 N–H and O–H groups in total. The lowest BCUT2D eigenvalue weighted by atomic mass is 9.82. The Balaban J connectivity index is 2.71. The van der Waals surface area contributed by atoms with E-state index in [4.69, 9.17) is 46.4 Å². The highest BCUT2D eigenvalue weighted by Gasteiger charge is 2.54. The van der Waals surface area contributed by atoms with E-state index in [1.807, 2.05) is 0 Å². The first-order valence-electron chi connectivity index (χ1n) is 7.91. The van der Waals surface area contributed by atoms with Crippen molar-refractivity contribution < 1.29 is 23.2 Å². The van der Waals surface area contributed by atoms with Gasteiger partial charge in [0.1, 0.15) is 11.5 Å². The van der Waals surface area contributed by atoms with Gasteiger partial charge in [-0.25, -0.2) is 0 Å². The molecule has 0 aliphatic carbocycles. The lowest BCUT2D eigenvalue weighted by Crippen LogP contribution is -2.39. The van der Waals surface area contributed by atoms with E-state index in [1.54, 1.807) is 0 Å². The van der Waals surface area contributed by atoms with Crippen molar-refractivity contribution in [2.75, 3.05) is 0 Å². The maximum Gasteiger partial charge on any atom is 0.283 e. The molecule has 0 spiro atoms. The largest absolute Gasteiger partial charge is 0.508 e. The molecule has 0 fully saturated rings. The molecular weight excluding hydrogens is 482 g/mol. The third-order valence-corrected chi connectivity index (χ3v) is 7.29. The number of hydrogen-bond acceptors (Lipinski definition) is 4. The van der Waals surface area contributed by atoms with Gasteiger partial charge in [-0.15, -0.1) is 0 Å². The second kappa shape index (κ2) is 7.87. The number of hydrogen-bond donors (Lipinski definition) is 3. The van der Waals surface area contributed by atoms with Gasteiger partial charge in [0.25, 0.3) is 10.1 Å². The van der Waals surface area contributed by atoms with E-state index < -0.39 is 31.9 Å². The van der Waals surface area contributed by atoms with Crippen LogP contribution in [0, 0.1) is 0 Å². The number of phenols is 2. The maximum absolute atomic E-state index is 13.0. The van der Waals surface area contributed by atoms with Gasteiger partial charge in [0.05, 0.1) is 15.1 Å². The summed E-state index contributed by atoms with van der Waals surface area (Å²) in [6, 6.07) is 12.0. The summed E-state index contributed by atoms with van der Waals surface area (Å²) in [6.45, 7) is 0. The van der Waals surface area contributed by atoms with Crippen LogP contribution in [0.3, 0.4) is 0 Å². The van der Waals surface area contributed by atoms with Crippen LogP contribution in [-0.2, 0) is 14.9 Å². The molecule has 0 radical (unpaired) electrons. The molecule has 0 aromatic heterocycles. The van der Waals surface area contributed by atoms with E-state index in [1.165, 1.54) is 48.5 Å². The Morgan fingerprint density at radius 2 is 1.31 bits per heavy atom. The van der Waals surface area contributed by atoms with Crippen molar-refractivity contribution in [3.8, 4) is 11.5 Å². The van der Waals surface area contributed by atoms with E-state index >= 15 is 0 Å². The van der Waals surface area contributed by atoms with E-state index in [9.17, 15) is 23.2 Å². The van der Waals surface area contributed by atoms with Crippen LogP contribution in [0.25, 0.3) is 0 Å². The Labute approximate surface area is 186 Å². The first-order valence-corrected chi connectivity index (χ1v) is 10.9. The number of halogens is 4. The van der Waals surface area contributed by atoms with Crippen LogP contribution in [0.4, 0.5) is 0 Å². The summed E-state index contributed by atoms with van der Waals surface area (Å²) in [5, 5.41) is 20.5. The predicted molar refractivity (Wildman–Crippen MR) is 114 cm³/mol. The average molecular weight is 494 g/mol. The predicted octanol–water partition coefficient (Wildman–Crippen LogP) is 5.89. The van der Waals surface area contributed by atoms with E-state index in [0.717, 1.165) is 6.07 Å². The van der Waals surface area contributed by atoms with Gasteiger partial charge in [-0.3, -0.25) is 4.55 Å².